The molecule has 154 valence electrons. The van der Waals surface area contributed by atoms with Gasteiger partial charge in [0.25, 0.3) is 0 Å². The Kier molecular flexibility index (Phi) is 8.03. The van der Waals surface area contributed by atoms with Crippen LogP contribution in [0.5, 0.6) is 0 Å². The highest BCUT2D eigenvalue weighted by atomic mass is 32.1. The number of guanidine groups is 1. The highest BCUT2D eigenvalue weighted by Crippen LogP contribution is 2.24. The second-order valence-corrected chi connectivity index (χ2v) is 9.25. The first-order chi connectivity index (χ1) is 12.7. The van der Waals surface area contributed by atoms with Gasteiger partial charge in [-0.15, -0.1) is 11.3 Å². The molecule has 0 spiro atoms. The largest absolute Gasteiger partial charge is 0.387 e. The molecule has 1 fully saturated rings. The van der Waals surface area contributed by atoms with Gasteiger partial charge < -0.3 is 20.5 Å². The molecule has 1 atom stereocenters. The maximum atomic E-state index is 10.7. The Morgan fingerprint density at radius 3 is 2.59 bits per heavy atom. The molecule has 0 bridgehead atoms. The molecule has 1 aromatic rings. The van der Waals surface area contributed by atoms with Gasteiger partial charge in [-0.1, -0.05) is 20.8 Å². The van der Waals surface area contributed by atoms with Gasteiger partial charge in [-0.05, 0) is 13.8 Å². The molecule has 2 rings (SSSR count). The Bertz CT molecular complexity index is 603. The molecule has 1 saturated heterocycles. The molecule has 3 N–H and O–H groups in total. The van der Waals surface area contributed by atoms with E-state index >= 15 is 0 Å². The summed E-state index contributed by atoms with van der Waals surface area (Å²) in [6.45, 7) is 15.9. The fourth-order valence-electron chi connectivity index (χ4n) is 2.79. The van der Waals surface area contributed by atoms with Gasteiger partial charge in [0.15, 0.2) is 5.96 Å². The first kappa shape index (κ1) is 22.1. The number of morpholine rings is 1. The third kappa shape index (κ3) is 7.73. The number of nitrogens with zero attached hydrogens (tertiary/aromatic N) is 3. The maximum Gasteiger partial charge on any atom is 0.191 e. The summed E-state index contributed by atoms with van der Waals surface area (Å²) in [6.07, 6.45) is 0. The fourth-order valence-corrected chi connectivity index (χ4v) is 3.73. The van der Waals surface area contributed by atoms with Crippen LogP contribution in [0.25, 0.3) is 0 Å². The quantitative estimate of drug-likeness (QED) is 0.479. The number of thiazole rings is 1. The van der Waals surface area contributed by atoms with Crippen LogP contribution in [0.1, 0.15) is 45.3 Å². The number of rotatable bonds is 7. The average Bonchev–Trinajstić information content (AvgIpc) is 3.07. The normalized spacial score (nSPS) is 19.0. The number of aliphatic hydroxyl groups is 1. The van der Waals surface area contributed by atoms with E-state index in [0.29, 0.717) is 25.6 Å². The molecule has 0 saturated carbocycles. The summed E-state index contributed by atoms with van der Waals surface area (Å²) in [6, 6.07) is 0. The lowest BCUT2D eigenvalue weighted by Gasteiger charge is -2.34. The number of hydrogen-bond donors (Lipinski definition) is 3. The molecule has 27 heavy (non-hydrogen) atoms. The van der Waals surface area contributed by atoms with Crippen molar-refractivity contribution in [1.82, 2.24) is 20.5 Å². The van der Waals surface area contributed by atoms with Gasteiger partial charge in [0, 0.05) is 43.5 Å². The van der Waals surface area contributed by atoms with Crippen molar-refractivity contribution >= 4 is 17.3 Å². The summed E-state index contributed by atoms with van der Waals surface area (Å²) in [5, 5.41) is 20.3. The molecular formula is C19H35N5O2S. The predicted molar refractivity (Wildman–Crippen MR) is 112 cm³/mol. The standard InChI is InChI=1S/C19H35N5O2S/c1-6-20-17(21-11-16-23-15(12-27-16)18(2,3)4)22-13-19(5,25)14-24-7-9-26-10-8-24/h12,25H,6-11,13-14H2,1-5H3,(H2,20,21,22). The van der Waals surface area contributed by atoms with Crippen LogP contribution in [0.4, 0.5) is 0 Å². The topological polar surface area (TPSA) is 82.0 Å². The van der Waals surface area contributed by atoms with Gasteiger partial charge in [0.1, 0.15) is 5.01 Å². The van der Waals surface area contributed by atoms with Crippen molar-refractivity contribution in [3.05, 3.63) is 16.1 Å². The second kappa shape index (κ2) is 9.82. The van der Waals surface area contributed by atoms with E-state index in [2.05, 4.69) is 51.7 Å². The maximum absolute atomic E-state index is 10.7. The van der Waals surface area contributed by atoms with Crippen molar-refractivity contribution in [2.45, 2.75) is 52.2 Å². The number of aromatic nitrogens is 1. The Labute approximate surface area is 167 Å². The first-order valence-corrected chi connectivity index (χ1v) is 10.6. The summed E-state index contributed by atoms with van der Waals surface area (Å²) < 4.78 is 5.37. The van der Waals surface area contributed by atoms with Crippen LogP contribution in [0, 0.1) is 0 Å². The van der Waals surface area contributed by atoms with E-state index in [1.807, 2.05) is 13.8 Å². The zero-order valence-corrected chi connectivity index (χ0v) is 18.2. The minimum Gasteiger partial charge on any atom is -0.387 e. The van der Waals surface area contributed by atoms with Gasteiger partial charge in [-0.3, -0.25) is 4.90 Å². The van der Waals surface area contributed by atoms with Gasteiger partial charge >= 0.3 is 0 Å². The Morgan fingerprint density at radius 1 is 1.30 bits per heavy atom. The smallest absolute Gasteiger partial charge is 0.191 e. The van der Waals surface area contributed by atoms with E-state index in [1.165, 1.54) is 0 Å². The summed E-state index contributed by atoms with van der Waals surface area (Å²) >= 11 is 1.64. The summed E-state index contributed by atoms with van der Waals surface area (Å²) in [7, 11) is 0. The molecule has 0 amide bonds. The third-order valence-electron chi connectivity index (χ3n) is 4.34. The van der Waals surface area contributed by atoms with E-state index < -0.39 is 5.60 Å². The van der Waals surface area contributed by atoms with Crippen LogP contribution < -0.4 is 10.6 Å². The minimum atomic E-state index is -0.839. The average molecular weight is 398 g/mol. The summed E-state index contributed by atoms with van der Waals surface area (Å²) in [5.41, 5.74) is 0.317. The third-order valence-corrected chi connectivity index (χ3v) is 5.18. The lowest BCUT2D eigenvalue weighted by Crippen LogP contribution is -2.52. The van der Waals surface area contributed by atoms with Crippen molar-refractivity contribution in [3.63, 3.8) is 0 Å². The summed E-state index contributed by atoms with van der Waals surface area (Å²) in [5.74, 6) is 0.701. The molecule has 1 unspecified atom stereocenters. The zero-order valence-electron chi connectivity index (χ0n) is 17.3. The van der Waals surface area contributed by atoms with Gasteiger partial charge in [-0.2, -0.15) is 0 Å². The molecule has 0 aliphatic carbocycles. The van der Waals surface area contributed by atoms with Crippen LogP contribution in [0.3, 0.4) is 0 Å². The molecule has 0 aromatic carbocycles. The van der Waals surface area contributed by atoms with Crippen LogP contribution >= 0.6 is 11.3 Å². The molecule has 8 heteroatoms. The fraction of sp³-hybridized carbons (Fsp3) is 0.789. The molecule has 1 aliphatic heterocycles. The molecule has 1 aliphatic rings. The number of β-amino-alcohol motifs (C(OH)–C–C–N with tert-alkyl or cyclic N) is 1. The lowest BCUT2D eigenvalue weighted by atomic mass is 9.93. The Balaban J connectivity index is 1.89. The number of nitrogens with one attached hydrogen (secondary N) is 2. The van der Waals surface area contributed by atoms with Crippen LogP contribution in [-0.4, -0.2) is 72.5 Å². The van der Waals surface area contributed by atoms with Crippen LogP contribution in [0.2, 0.25) is 0 Å². The molecule has 1 aromatic heterocycles. The molecule has 2 heterocycles. The predicted octanol–water partition coefficient (Wildman–Crippen LogP) is 1.58. The van der Waals surface area contributed by atoms with Crippen molar-refractivity contribution in [2.24, 2.45) is 4.99 Å². The van der Waals surface area contributed by atoms with Gasteiger partial charge in [-0.25, -0.2) is 9.98 Å². The Morgan fingerprint density at radius 2 is 2.00 bits per heavy atom. The molecular weight excluding hydrogens is 362 g/mol. The first-order valence-electron chi connectivity index (χ1n) is 9.69. The Hall–Kier alpha value is -1.22. The van der Waals surface area contributed by atoms with Crippen molar-refractivity contribution in [3.8, 4) is 0 Å². The number of aliphatic imine (C=N–C) groups is 1. The molecule has 0 radical (unpaired) electrons. The molecule has 7 nitrogen and oxygen atoms in total. The van der Waals surface area contributed by atoms with E-state index in [9.17, 15) is 5.11 Å². The highest BCUT2D eigenvalue weighted by Gasteiger charge is 2.25. The van der Waals surface area contributed by atoms with Gasteiger partial charge in [0.05, 0.1) is 31.1 Å². The zero-order chi connectivity index (χ0) is 19.9. The summed E-state index contributed by atoms with van der Waals surface area (Å²) in [4.78, 5) is 11.5. The minimum absolute atomic E-state index is 0.0550. The van der Waals surface area contributed by atoms with Crippen molar-refractivity contribution in [2.75, 3.05) is 45.9 Å². The second-order valence-electron chi connectivity index (χ2n) is 8.31. The SMILES string of the molecule is CCNC(=NCc1nc(C(C)(C)C)cs1)NCC(C)(O)CN1CCOCC1. The highest BCUT2D eigenvalue weighted by molar-refractivity contribution is 7.09. The van der Waals surface area contributed by atoms with Crippen LogP contribution in [-0.2, 0) is 16.7 Å². The van der Waals surface area contributed by atoms with Crippen molar-refractivity contribution < 1.29 is 9.84 Å². The van der Waals surface area contributed by atoms with Crippen molar-refractivity contribution in [1.29, 1.82) is 0 Å². The monoisotopic (exact) mass is 397 g/mol. The van der Waals surface area contributed by atoms with Crippen LogP contribution in [0.15, 0.2) is 10.4 Å². The number of ether oxygens (including phenoxy) is 1. The van der Waals surface area contributed by atoms with Gasteiger partial charge in [0.2, 0.25) is 0 Å². The van der Waals surface area contributed by atoms with E-state index in [1.54, 1.807) is 11.3 Å². The van der Waals surface area contributed by atoms with E-state index in [0.717, 1.165) is 43.5 Å². The lowest BCUT2D eigenvalue weighted by molar-refractivity contribution is -0.0201. The van der Waals surface area contributed by atoms with E-state index in [4.69, 9.17) is 4.74 Å². The van der Waals surface area contributed by atoms with E-state index in [-0.39, 0.29) is 5.41 Å². The number of hydrogen-bond acceptors (Lipinski definition) is 6.